The van der Waals surface area contributed by atoms with Crippen LogP contribution in [0.1, 0.15) is 49.6 Å². The van der Waals surface area contributed by atoms with E-state index in [1.165, 1.54) is 13.2 Å². The highest BCUT2D eigenvalue weighted by Gasteiger charge is 2.31. The van der Waals surface area contributed by atoms with E-state index in [2.05, 4.69) is 0 Å². The Morgan fingerprint density at radius 2 is 1.92 bits per heavy atom. The van der Waals surface area contributed by atoms with Crippen LogP contribution in [0, 0.1) is 13.8 Å². The number of hydrogen-bond acceptors (Lipinski definition) is 5. The molecule has 5 nitrogen and oxygen atoms in total. The number of aryl methyl sites for hydroxylation is 2. The van der Waals surface area contributed by atoms with Gasteiger partial charge in [0.1, 0.15) is 18.1 Å². The normalized spacial score (nSPS) is 11.2. The van der Waals surface area contributed by atoms with Gasteiger partial charge < -0.3 is 13.9 Å². The summed E-state index contributed by atoms with van der Waals surface area (Å²) in [5.74, 6) is 0.365. The Hall–Kier alpha value is -2.56. The van der Waals surface area contributed by atoms with Gasteiger partial charge in [0.25, 0.3) is 0 Å². The van der Waals surface area contributed by atoms with E-state index in [-0.39, 0.29) is 25.0 Å². The van der Waals surface area contributed by atoms with E-state index in [1.54, 1.807) is 12.1 Å². The lowest BCUT2D eigenvalue weighted by Gasteiger charge is -2.28. The van der Waals surface area contributed by atoms with Crippen molar-refractivity contribution in [2.45, 2.75) is 53.1 Å². The van der Waals surface area contributed by atoms with Gasteiger partial charge in [-0.15, -0.1) is 0 Å². The second kappa shape index (κ2) is 7.55. The first-order valence-electron chi connectivity index (χ1n) is 8.17. The number of benzene rings is 1. The molecule has 25 heavy (non-hydrogen) atoms. The van der Waals surface area contributed by atoms with Crippen LogP contribution in [0.3, 0.4) is 0 Å². The number of carbonyl (C=O) groups is 2. The summed E-state index contributed by atoms with van der Waals surface area (Å²) in [6.07, 6.45) is 1.69. The monoisotopic (exact) mass is 344 g/mol. The minimum atomic E-state index is -0.553. The van der Waals surface area contributed by atoms with Gasteiger partial charge in [0, 0.05) is 17.9 Å². The molecule has 0 saturated carbocycles. The van der Waals surface area contributed by atoms with Gasteiger partial charge in [-0.25, -0.2) is 0 Å². The summed E-state index contributed by atoms with van der Waals surface area (Å²) >= 11 is 0. The van der Waals surface area contributed by atoms with Crippen LogP contribution in [-0.4, -0.2) is 11.9 Å². The molecule has 0 atom stereocenters. The van der Waals surface area contributed by atoms with Gasteiger partial charge in [0.15, 0.2) is 0 Å². The van der Waals surface area contributed by atoms with Crippen LogP contribution in [0.4, 0.5) is 0 Å². The Kier molecular flexibility index (Phi) is 5.67. The van der Waals surface area contributed by atoms with E-state index in [1.807, 2.05) is 39.8 Å². The average Bonchev–Trinajstić information content (AvgIpc) is 2.95. The molecule has 5 heteroatoms. The lowest BCUT2D eigenvalue weighted by Crippen LogP contribution is -2.25. The average molecular weight is 344 g/mol. The summed E-state index contributed by atoms with van der Waals surface area (Å²) in [6.45, 7) is 9.23. The van der Waals surface area contributed by atoms with Gasteiger partial charge in [0.05, 0.1) is 12.7 Å². The fourth-order valence-corrected chi connectivity index (χ4v) is 3.08. The summed E-state index contributed by atoms with van der Waals surface area (Å²) in [7, 11) is 0. The first-order valence-corrected chi connectivity index (χ1v) is 8.17. The van der Waals surface area contributed by atoms with E-state index in [4.69, 9.17) is 13.9 Å². The first kappa shape index (κ1) is 18.8. The summed E-state index contributed by atoms with van der Waals surface area (Å²) in [6, 6.07) is 7.33. The smallest absolute Gasteiger partial charge is 0.308 e. The first-order chi connectivity index (χ1) is 11.7. The molecule has 0 aliphatic carbocycles. The Morgan fingerprint density at radius 3 is 2.52 bits per heavy atom. The van der Waals surface area contributed by atoms with Crippen molar-refractivity contribution in [1.82, 2.24) is 0 Å². The number of rotatable bonds is 6. The molecule has 0 fully saturated rings. The van der Waals surface area contributed by atoms with Crippen molar-refractivity contribution < 1.29 is 23.5 Å². The van der Waals surface area contributed by atoms with Gasteiger partial charge >= 0.3 is 11.9 Å². The Bertz CT molecular complexity index is 757. The van der Waals surface area contributed by atoms with E-state index < -0.39 is 5.41 Å². The lowest BCUT2D eigenvalue weighted by molar-refractivity contribution is -0.146. The molecule has 0 amide bonds. The summed E-state index contributed by atoms with van der Waals surface area (Å²) in [4.78, 5) is 23.7. The number of esters is 2. The van der Waals surface area contributed by atoms with Crippen LogP contribution in [0.15, 0.2) is 34.9 Å². The maximum absolute atomic E-state index is 12.3. The van der Waals surface area contributed by atoms with Crippen LogP contribution >= 0.6 is 0 Å². The highest BCUT2D eigenvalue weighted by Crippen LogP contribution is 2.38. The molecule has 0 N–H and O–H groups in total. The van der Waals surface area contributed by atoms with Crippen molar-refractivity contribution in [2.24, 2.45) is 0 Å². The fourth-order valence-electron chi connectivity index (χ4n) is 3.08. The molecule has 0 aliphatic rings. The Labute approximate surface area is 147 Å². The molecule has 2 aromatic rings. The van der Waals surface area contributed by atoms with Gasteiger partial charge in [-0.2, -0.15) is 0 Å². The van der Waals surface area contributed by atoms with E-state index in [0.717, 1.165) is 16.7 Å². The third-order valence-corrected chi connectivity index (χ3v) is 3.92. The van der Waals surface area contributed by atoms with Crippen LogP contribution in [-0.2, 0) is 26.3 Å². The molecule has 2 rings (SSSR count). The van der Waals surface area contributed by atoms with Gasteiger partial charge in [0.2, 0.25) is 0 Å². The van der Waals surface area contributed by atoms with Crippen molar-refractivity contribution in [3.8, 4) is 5.75 Å². The standard InChI is InChI=1S/C20H24O5/c1-13-9-14(2)19(17(10-13)25-15(3)21)20(4,5)11-18(22)24-12-16-7-6-8-23-16/h6-10H,11-12H2,1-5H3. The van der Waals surface area contributed by atoms with Gasteiger partial charge in [-0.3, -0.25) is 9.59 Å². The summed E-state index contributed by atoms with van der Waals surface area (Å²) in [5.41, 5.74) is 2.25. The molecule has 0 bridgehead atoms. The second-order valence-corrected chi connectivity index (χ2v) is 6.85. The third kappa shape index (κ3) is 4.95. The molecule has 0 spiro atoms. The third-order valence-electron chi connectivity index (χ3n) is 3.92. The molecule has 1 aromatic heterocycles. The van der Waals surface area contributed by atoms with Crippen LogP contribution in [0.2, 0.25) is 0 Å². The molecular weight excluding hydrogens is 320 g/mol. The number of carbonyl (C=O) groups excluding carboxylic acids is 2. The largest absolute Gasteiger partial charge is 0.466 e. The molecular formula is C20H24O5. The van der Waals surface area contributed by atoms with Gasteiger partial charge in [-0.05, 0) is 43.2 Å². The van der Waals surface area contributed by atoms with E-state index in [9.17, 15) is 9.59 Å². The quantitative estimate of drug-likeness (QED) is 0.579. The number of hydrogen-bond donors (Lipinski definition) is 0. The topological polar surface area (TPSA) is 65.7 Å². The van der Waals surface area contributed by atoms with E-state index >= 15 is 0 Å². The minimum absolute atomic E-state index is 0.103. The maximum atomic E-state index is 12.3. The SMILES string of the molecule is CC(=O)Oc1cc(C)cc(C)c1C(C)(C)CC(=O)OCc1ccco1. The molecule has 0 radical (unpaired) electrons. The molecule has 0 aliphatic heterocycles. The van der Waals surface area contributed by atoms with Crippen LogP contribution in [0.25, 0.3) is 0 Å². The zero-order valence-electron chi connectivity index (χ0n) is 15.3. The summed E-state index contributed by atoms with van der Waals surface area (Å²) < 4.78 is 15.8. The Balaban J connectivity index is 2.19. The Morgan fingerprint density at radius 1 is 1.20 bits per heavy atom. The highest BCUT2D eigenvalue weighted by molar-refractivity contribution is 5.73. The highest BCUT2D eigenvalue weighted by atomic mass is 16.5. The predicted octanol–water partition coefficient (Wildman–Crippen LogP) is 4.23. The summed E-state index contributed by atoms with van der Waals surface area (Å²) in [5, 5.41) is 0. The predicted molar refractivity (Wildman–Crippen MR) is 93.4 cm³/mol. The van der Waals surface area contributed by atoms with Crippen molar-refractivity contribution in [3.63, 3.8) is 0 Å². The van der Waals surface area contributed by atoms with Crippen LogP contribution < -0.4 is 4.74 Å². The minimum Gasteiger partial charge on any atom is -0.466 e. The number of furan rings is 1. The van der Waals surface area contributed by atoms with Crippen molar-refractivity contribution in [3.05, 3.63) is 53.0 Å². The van der Waals surface area contributed by atoms with Gasteiger partial charge in [-0.1, -0.05) is 19.9 Å². The fraction of sp³-hybridized carbons (Fsp3) is 0.400. The molecule has 134 valence electrons. The molecule has 0 saturated heterocycles. The van der Waals surface area contributed by atoms with Crippen molar-refractivity contribution >= 4 is 11.9 Å². The number of ether oxygens (including phenoxy) is 2. The maximum Gasteiger partial charge on any atom is 0.308 e. The van der Waals surface area contributed by atoms with Crippen molar-refractivity contribution in [1.29, 1.82) is 0 Å². The van der Waals surface area contributed by atoms with Crippen molar-refractivity contribution in [2.75, 3.05) is 0 Å². The van der Waals surface area contributed by atoms with Crippen LogP contribution in [0.5, 0.6) is 5.75 Å². The zero-order valence-corrected chi connectivity index (χ0v) is 15.3. The zero-order chi connectivity index (χ0) is 18.6. The molecule has 1 heterocycles. The lowest BCUT2D eigenvalue weighted by atomic mass is 9.78. The second-order valence-electron chi connectivity index (χ2n) is 6.85. The molecule has 0 unspecified atom stereocenters. The van der Waals surface area contributed by atoms with E-state index in [0.29, 0.717) is 11.5 Å². The molecule has 1 aromatic carbocycles.